The molecule has 3 heteroatoms. The standard InChI is InChI=1S/C17H23NO2/c19-17(20-13-14-7-2-1-3-8-14)18-12-6-11-16(18)15-9-4-5-10-15/h1-3,7-8,15-16H,4-6,9-13H2. The quantitative estimate of drug-likeness (QED) is 0.833. The summed E-state index contributed by atoms with van der Waals surface area (Å²) in [7, 11) is 0. The maximum absolute atomic E-state index is 12.3. The van der Waals surface area contributed by atoms with Crippen LogP contribution in [0.2, 0.25) is 0 Å². The molecule has 2 fully saturated rings. The molecule has 0 aromatic heterocycles. The topological polar surface area (TPSA) is 29.5 Å². The normalized spacial score (nSPS) is 23.2. The Balaban J connectivity index is 1.55. The Morgan fingerprint density at radius 3 is 2.60 bits per heavy atom. The molecule has 1 amide bonds. The minimum atomic E-state index is -0.122. The maximum Gasteiger partial charge on any atom is 0.410 e. The number of likely N-dealkylation sites (tertiary alicyclic amines) is 1. The van der Waals surface area contributed by atoms with Crippen LogP contribution in [-0.4, -0.2) is 23.6 Å². The largest absolute Gasteiger partial charge is 0.445 e. The highest BCUT2D eigenvalue weighted by molar-refractivity contribution is 5.68. The molecule has 0 N–H and O–H groups in total. The van der Waals surface area contributed by atoms with Gasteiger partial charge in [-0.05, 0) is 37.2 Å². The zero-order chi connectivity index (χ0) is 13.8. The van der Waals surface area contributed by atoms with Gasteiger partial charge in [0.1, 0.15) is 6.61 Å². The molecule has 3 nitrogen and oxygen atoms in total. The molecule has 0 bridgehead atoms. The number of ether oxygens (including phenoxy) is 1. The third kappa shape index (κ3) is 2.97. The summed E-state index contributed by atoms with van der Waals surface area (Å²) in [5.41, 5.74) is 1.05. The predicted molar refractivity (Wildman–Crippen MR) is 78.3 cm³/mol. The van der Waals surface area contributed by atoms with Crippen molar-refractivity contribution < 1.29 is 9.53 Å². The van der Waals surface area contributed by atoms with Gasteiger partial charge in [0.05, 0.1) is 0 Å². The lowest BCUT2D eigenvalue weighted by Gasteiger charge is -2.28. The number of rotatable bonds is 3. The minimum Gasteiger partial charge on any atom is -0.445 e. The second-order valence-electron chi connectivity index (χ2n) is 5.99. The van der Waals surface area contributed by atoms with Crippen LogP contribution < -0.4 is 0 Å². The molecule has 20 heavy (non-hydrogen) atoms. The summed E-state index contributed by atoms with van der Waals surface area (Å²) in [6.07, 6.45) is 7.39. The van der Waals surface area contributed by atoms with Crippen molar-refractivity contribution >= 4 is 6.09 Å². The van der Waals surface area contributed by atoms with Crippen molar-refractivity contribution in [3.8, 4) is 0 Å². The van der Waals surface area contributed by atoms with E-state index in [9.17, 15) is 4.79 Å². The van der Waals surface area contributed by atoms with Crippen LogP contribution in [0.25, 0.3) is 0 Å². The number of carbonyl (C=O) groups excluding carboxylic acids is 1. The average molecular weight is 273 g/mol. The van der Waals surface area contributed by atoms with Gasteiger partial charge in [-0.15, -0.1) is 0 Å². The van der Waals surface area contributed by atoms with E-state index >= 15 is 0 Å². The van der Waals surface area contributed by atoms with E-state index in [1.165, 1.54) is 25.7 Å². The van der Waals surface area contributed by atoms with E-state index in [-0.39, 0.29) is 6.09 Å². The van der Waals surface area contributed by atoms with E-state index < -0.39 is 0 Å². The van der Waals surface area contributed by atoms with E-state index in [4.69, 9.17) is 4.74 Å². The van der Waals surface area contributed by atoms with Gasteiger partial charge < -0.3 is 9.64 Å². The van der Waals surface area contributed by atoms with Gasteiger partial charge in [-0.3, -0.25) is 0 Å². The molecular formula is C17H23NO2. The first-order valence-corrected chi connectivity index (χ1v) is 7.82. The van der Waals surface area contributed by atoms with E-state index in [1.54, 1.807) is 0 Å². The Hall–Kier alpha value is -1.51. The van der Waals surface area contributed by atoms with Crippen LogP contribution >= 0.6 is 0 Å². The molecule has 1 saturated heterocycles. The van der Waals surface area contributed by atoms with Crippen molar-refractivity contribution in [1.82, 2.24) is 4.90 Å². The van der Waals surface area contributed by atoms with E-state index in [1.807, 2.05) is 35.2 Å². The summed E-state index contributed by atoms with van der Waals surface area (Å²) in [6.45, 7) is 1.25. The zero-order valence-electron chi connectivity index (χ0n) is 12.0. The Morgan fingerprint density at radius 1 is 1.10 bits per heavy atom. The monoisotopic (exact) mass is 273 g/mol. The molecule has 1 aliphatic carbocycles. The fourth-order valence-corrected chi connectivity index (χ4v) is 3.65. The van der Waals surface area contributed by atoms with Crippen molar-refractivity contribution in [2.75, 3.05) is 6.54 Å². The number of hydrogen-bond donors (Lipinski definition) is 0. The SMILES string of the molecule is O=C(OCc1ccccc1)N1CCCC1C1CCCC1. The molecule has 1 aliphatic heterocycles. The molecule has 108 valence electrons. The van der Waals surface area contributed by atoms with Crippen LogP contribution in [0.5, 0.6) is 0 Å². The summed E-state index contributed by atoms with van der Waals surface area (Å²) in [6, 6.07) is 10.3. The third-order valence-electron chi connectivity index (χ3n) is 4.68. The van der Waals surface area contributed by atoms with Crippen LogP contribution in [0.1, 0.15) is 44.1 Å². The summed E-state index contributed by atoms with van der Waals surface area (Å²) in [4.78, 5) is 14.3. The number of amides is 1. The minimum absolute atomic E-state index is 0.122. The highest BCUT2D eigenvalue weighted by Gasteiger charge is 2.36. The van der Waals surface area contributed by atoms with Gasteiger partial charge in [0.15, 0.2) is 0 Å². The summed E-state index contributed by atoms with van der Waals surface area (Å²) >= 11 is 0. The van der Waals surface area contributed by atoms with E-state index in [2.05, 4.69) is 0 Å². The van der Waals surface area contributed by atoms with Crippen molar-refractivity contribution in [3.63, 3.8) is 0 Å². The van der Waals surface area contributed by atoms with Crippen molar-refractivity contribution in [1.29, 1.82) is 0 Å². The number of carbonyl (C=O) groups is 1. The van der Waals surface area contributed by atoms with E-state index in [0.29, 0.717) is 18.6 Å². The first-order chi connectivity index (χ1) is 9.84. The lowest BCUT2D eigenvalue weighted by atomic mass is 9.96. The molecule has 0 spiro atoms. The Labute approximate surface area is 120 Å². The molecule has 1 unspecified atom stereocenters. The van der Waals surface area contributed by atoms with Crippen LogP contribution in [0.15, 0.2) is 30.3 Å². The van der Waals surface area contributed by atoms with Gasteiger partial charge in [-0.2, -0.15) is 0 Å². The van der Waals surface area contributed by atoms with Gasteiger partial charge in [-0.1, -0.05) is 43.2 Å². The molecule has 0 radical (unpaired) electrons. The smallest absolute Gasteiger partial charge is 0.410 e. The van der Waals surface area contributed by atoms with Crippen molar-refractivity contribution in [2.24, 2.45) is 5.92 Å². The van der Waals surface area contributed by atoms with Gasteiger partial charge in [-0.25, -0.2) is 4.79 Å². The molecule has 2 aliphatic rings. The molecule has 1 saturated carbocycles. The number of hydrogen-bond acceptors (Lipinski definition) is 2. The molecule has 1 atom stereocenters. The summed E-state index contributed by atoms with van der Waals surface area (Å²) < 4.78 is 5.49. The van der Waals surface area contributed by atoms with Crippen LogP contribution in [0.3, 0.4) is 0 Å². The van der Waals surface area contributed by atoms with Crippen LogP contribution in [-0.2, 0) is 11.3 Å². The highest BCUT2D eigenvalue weighted by Crippen LogP contribution is 2.35. The first-order valence-electron chi connectivity index (χ1n) is 7.82. The Kier molecular flexibility index (Phi) is 4.24. The van der Waals surface area contributed by atoms with E-state index in [0.717, 1.165) is 24.9 Å². The van der Waals surface area contributed by atoms with Crippen molar-refractivity contribution in [3.05, 3.63) is 35.9 Å². The average Bonchev–Trinajstić information content (AvgIpc) is 3.15. The van der Waals surface area contributed by atoms with Crippen LogP contribution in [0.4, 0.5) is 4.79 Å². The van der Waals surface area contributed by atoms with Gasteiger partial charge in [0.25, 0.3) is 0 Å². The van der Waals surface area contributed by atoms with Crippen molar-refractivity contribution in [2.45, 2.75) is 51.2 Å². The molecular weight excluding hydrogens is 250 g/mol. The third-order valence-corrected chi connectivity index (χ3v) is 4.68. The van der Waals surface area contributed by atoms with Gasteiger partial charge in [0, 0.05) is 12.6 Å². The van der Waals surface area contributed by atoms with Gasteiger partial charge in [0.2, 0.25) is 0 Å². The maximum atomic E-state index is 12.3. The Bertz CT molecular complexity index is 440. The summed E-state index contributed by atoms with van der Waals surface area (Å²) in [5, 5.41) is 0. The predicted octanol–water partition coefficient (Wildman–Crippen LogP) is 3.98. The van der Waals surface area contributed by atoms with Gasteiger partial charge >= 0.3 is 6.09 Å². The lowest BCUT2D eigenvalue weighted by molar-refractivity contribution is 0.0822. The number of benzene rings is 1. The zero-order valence-corrected chi connectivity index (χ0v) is 12.0. The Morgan fingerprint density at radius 2 is 1.85 bits per heavy atom. The number of nitrogens with zero attached hydrogens (tertiary/aromatic N) is 1. The molecule has 1 aromatic rings. The second kappa shape index (κ2) is 6.29. The lowest BCUT2D eigenvalue weighted by Crippen LogP contribution is -2.39. The molecule has 3 rings (SSSR count). The fourth-order valence-electron chi connectivity index (χ4n) is 3.65. The van der Waals surface area contributed by atoms with Crippen LogP contribution in [0, 0.1) is 5.92 Å². The second-order valence-corrected chi connectivity index (χ2v) is 5.99. The highest BCUT2D eigenvalue weighted by atomic mass is 16.6. The summed E-state index contributed by atoms with van der Waals surface area (Å²) in [5.74, 6) is 0.710. The first kappa shape index (κ1) is 13.5. The molecule has 1 heterocycles. The molecule has 1 aromatic carbocycles. The fraction of sp³-hybridized carbons (Fsp3) is 0.588.